The number of hydrogen-bond acceptors (Lipinski definition) is 20. The minimum atomic E-state index is -0.749. The van der Waals surface area contributed by atoms with Gasteiger partial charge in [0.25, 0.3) is 0 Å². The number of esters is 3. The third-order valence-electron chi connectivity index (χ3n) is 9.66. The van der Waals surface area contributed by atoms with Crippen molar-refractivity contribution in [3.05, 3.63) is 50.6 Å². The number of hydrogen-bond donors (Lipinski definition) is 0. The van der Waals surface area contributed by atoms with Gasteiger partial charge in [-0.25, -0.2) is 4.79 Å². The lowest BCUT2D eigenvalue weighted by Crippen LogP contribution is -2.42. The first-order valence-electron chi connectivity index (χ1n) is 25.8. The average Bonchev–Trinajstić information content (AvgIpc) is 3.39. The van der Waals surface area contributed by atoms with E-state index in [0.717, 1.165) is 130 Å². The molecule has 0 N–H and O–H groups in total. The van der Waals surface area contributed by atoms with Gasteiger partial charge in [-0.1, -0.05) is 36.6 Å². The van der Waals surface area contributed by atoms with Crippen LogP contribution in [0.25, 0.3) is 0 Å². The van der Waals surface area contributed by atoms with Crippen molar-refractivity contribution >= 4 is 70.1 Å². The first-order valence-corrected chi connectivity index (χ1v) is 30.3. The fourth-order valence-electron chi connectivity index (χ4n) is 5.85. The topological polar surface area (TPSA) is 179 Å². The maximum absolute atomic E-state index is 13.1. The van der Waals surface area contributed by atoms with E-state index in [1.54, 1.807) is 18.2 Å². The second kappa shape index (κ2) is 57.8. The van der Waals surface area contributed by atoms with Gasteiger partial charge in [0.2, 0.25) is 0 Å². The Morgan fingerprint density at radius 3 is 1.16 bits per heavy atom. The van der Waals surface area contributed by atoms with Gasteiger partial charge in [0.05, 0.1) is 97.5 Å². The maximum atomic E-state index is 13.1. The summed E-state index contributed by atoms with van der Waals surface area (Å²) >= 11 is 6.66. The Balaban J connectivity index is 5.25. The minimum absolute atomic E-state index is 0.00264. The van der Waals surface area contributed by atoms with Crippen LogP contribution in [0.4, 0.5) is 0 Å². The smallest absolute Gasteiger partial charge is 0.330 e. The van der Waals surface area contributed by atoms with E-state index in [0.29, 0.717) is 79.3 Å². The molecule has 0 saturated carbocycles. The summed E-state index contributed by atoms with van der Waals surface area (Å²) in [6, 6.07) is 0. The molecule has 0 fully saturated rings. The van der Waals surface area contributed by atoms with E-state index in [1.165, 1.54) is 0 Å². The molecule has 0 aliphatic carbocycles. The van der Waals surface area contributed by atoms with Crippen LogP contribution in [0.5, 0.6) is 0 Å². The number of ether oxygens (including phenoxy) is 12. The fraction of sp³-hybridized carbons (Fsp3) is 0.774. The highest BCUT2D eigenvalue weighted by molar-refractivity contribution is 8.13. The van der Waals surface area contributed by atoms with Gasteiger partial charge >= 0.3 is 17.9 Å². The van der Waals surface area contributed by atoms with Gasteiger partial charge in [-0.2, -0.15) is 35.3 Å². The van der Waals surface area contributed by atoms with Crippen LogP contribution in [0.3, 0.4) is 0 Å². The number of rotatable bonds is 60. The lowest BCUT2D eigenvalue weighted by molar-refractivity contribution is -0.155. The number of carbonyl (C=O) groups excluding carboxylic acids is 4. The monoisotopic (exact) mass is 1110 g/mol. The zero-order valence-corrected chi connectivity index (χ0v) is 47.4. The second-order valence-corrected chi connectivity index (χ2v) is 21.2. The van der Waals surface area contributed by atoms with Crippen molar-refractivity contribution in [1.82, 2.24) is 0 Å². The Labute approximate surface area is 455 Å². The van der Waals surface area contributed by atoms with Crippen molar-refractivity contribution in [2.45, 2.75) is 77.0 Å². The van der Waals surface area contributed by atoms with E-state index in [4.69, 9.17) is 56.8 Å². The van der Waals surface area contributed by atoms with Crippen LogP contribution in [0, 0.1) is 5.41 Å². The third kappa shape index (κ3) is 53.3. The highest BCUT2D eigenvalue weighted by atomic mass is 32.2. The summed E-state index contributed by atoms with van der Waals surface area (Å²) in [4.78, 5) is 48.8. The quantitative estimate of drug-likeness (QED) is 0.0186. The maximum Gasteiger partial charge on any atom is 0.330 e. The summed E-state index contributed by atoms with van der Waals surface area (Å²) in [6.07, 6.45) is 14.9. The highest BCUT2D eigenvalue weighted by Crippen LogP contribution is 2.23. The second-order valence-electron chi connectivity index (χ2n) is 16.3. The molecular formula is C53H92O16S4. The molecule has 0 bridgehead atoms. The van der Waals surface area contributed by atoms with E-state index in [9.17, 15) is 19.2 Å². The van der Waals surface area contributed by atoms with Gasteiger partial charge in [0.1, 0.15) is 19.8 Å². The molecule has 16 nitrogen and oxygen atoms in total. The van der Waals surface area contributed by atoms with Crippen molar-refractivity contribution in [2.24, 2.45) is 5.41 Å². The fourth-order valence-corrected chi connectivity index (χ4v) is 9.40. The molecule has 20 heteroatoms. The van der Waals surface area contributed by atoms with Crippen molar-refractivity contribution in [3.63, 3.8) is 0 Å². The summed E-state index contributed by atoms with van der Waals surface area (Å²) in [6.45, 7) is 23.8. The summed E-state index contributed by atoms with van der Waals surface area (Å²) in [5.41, 5.74) is -0.749. The van der Waals surface area contributed by atoms with Crippen molar-refractivity contribution in [1.29, 1.82) is 0 Å². The summed E-state index contributed by atoms with van der Waals surface area (Å²) in [7, 11) is 0. The molecule has 0 amide bonds. The highest BCUT2D eigenvalue weighted by Gasteiger charge is 2.34. The molecule has 0 spiro atoms. The molecular weight excluding hydrogens is 1020 g/mol. The number of unbranched alkanes of at least 4 members (excludes halogenated alkanes) is 3. The molecule has 0 rings (SSSR count). The van der Waals surface area contributed by atoms with Crippen LogP contribution in [-0.2, 0) is 76.0 Å². The zero-order chi connectivity index (χ0) is 53.2. The van der Waals surface area contributed by atoms with Gasteiger partial charge in [-0.3, -0.25) is 14.4 Å². The van der Waals surface area contributed by atoms with Gasteiger partial charge in [-0.05, 0) is 92.3 Å². The molecule has 0 aromatic carbocycles. The largest absolute Gasteiger partial charge is 0.465 e. The molecule has 0 unspecified atom stereocenters. The van der Waals surface area contributed by atoms with Crippen molar-refractivity contribution < 1.29 is 76.0 Å². The Bertz CT molecular complexity index is 1250. The van der Waals surface area contributed by atoms with Gasteiger partial charge < -0.3 is 56.8 Å². The van der Waals surface area contributed by atoms with E-state index in [-0.39, 0.29) is 69.8 Å². The van der Waals surface area contributed by atoms with Gasteiger partial charge in [-0.15, -0.1) is 19.7 Å². The molecule has 0 aromatic rings. The minimum Gasteiger partial charge on any atom is -0.465 e. The van der Waals surface area contributed by atoms with Gasteiger partial charge in [0.15, 0.2) is 5.12 Å². The standard InChI is InChI=1S/C53H92O16S4/c1-5-21-58-30-33-61-24-9-12-38-70-41-15-27-64-45-53(46-65-28-16-42-71-39-13-10-25-62-34-31-59-22-6-2,47-66-29-17-43-72-40-14-11-26-63-35-32-60-23-7-3)48-69-51(56)20-44-73-52(57)19-18-50(55)68-37-36-67-49(54)8-4/h5-8H,1-4,9-48H2. The van der Waals surface area contributed by atoms with E-state index in [1.807, 2.05) is 35.3 Å². The Morgan fingerprint density at radius 2 is 0.740 bits per heavy atom. The molecule has 424 valence electrons. The van der Waals surface area contributed by atoms with Crippen LogP contribution in [0.15, 0.2) is 50.6 Å². The van der Waals surface area contributed by atoms with Crippen LogP contribution in [-0.4, -0.2) is 202 Å². The molecule has 0 aliphatic rings. The Hall–Kier alpha value is -1.92. The zero-order valence-electron chi connectivity index (χ0n) is 44.1. The van der Waals surface area contributed by atoms with Crippen LogP contribution < -0.4 is 0 Å². The van der Waals surface area contributed by atoms with Crippen LogP contribution in [0.1, 0.15) is 77.0 Å². The van der Waals surface area contributed by atoms with E-state index < -0.39 is 23.3 Å². The summed E-state index contributed by atoms with van der Waals surface area (Å²) in [5.74, 6) is 4.56. The Kier molecular flexibility index (Phi) is 56.3. The summed E-state index contributed by atoms with van der Waals surface area (Å²) in [5, 5.41) is -0.248. The van der Waals surface area contributed by atoms with Gasteiger partial charge in [0, 0.05) is 57.9 Å². The van der Waals surface area contributed by atoms with E-state index in [2.05, 4.69) is 26.3 Å². The van der Waals surface area contributed by atoms with Crippen LogP contribution in [0.2, 0.25) is 0 Å². The number of thioether (sulfide) groups is 4. The molecule has 0 heterocycles. The predicted octanol–water partition coefficient (Wildman–Crippen LogP) is 8.64. The molecule has 73 heavy (non-hydrogen) atoms. The van der Waals surface area contributed by atoms with Crippen LogP contribution >= 0.6 is 47.0 Å². The molecule has 0 radical (unpaired) electrons. The third-order valence-corrected chi connectivity index (χ3v) is 14.1. The first kappa shape index (κ1) is 71.1. The first-order chi connectivity index (χ1) is 35.8. The van der Waals surface area contributed by atoms with Crippen molar-refractivity contribution in [3.8, 4) is 0 Å². The SMILES string of the molecule is C=CCOCCOCCCCSCCCOCC(COCCCSCCCCOCCOCC=C)(COCCCSCCCCOCCOCC=C)COC(=O)CCSC(=O)CCC(=O)OCCOC(=O)C=C. The molecule has 0 atom stereocenters. The summed E-state index contributed by atoms with van der Waals surface area (Å²) < 4.78 is 67.6. The number of carbonyl (C=O) groups is 4. The molecule has 0 aromatic heterocycles. The Morgan fingerprint density at radius 1 is 0.356 bits per heavy atom. The average molecular weight is 1110 g/mol. The lowest BCUT2D eigenvalue weighted by atomic mass is 9.92. The lowest BCUT2D eigenvalue weighted by Gasteiger charge is -2.32. The normalized spacial score (nSPS) is 11.3. The predicted molar refractivity (Wildman–Crippen MR) is 298 cm³/mol. The van der Waals surface area contributed by atoms with E-state index >= 15 is 0 Å². The molecule has 0 aliphatic heterocycles. The van der Waals surface area contributed by atoms with Crippen molar-refractivity contribution in [2.75, 3.05) is 179 Å². The molecule has 0 saturated heterocycles.